The van der Waals surface area contributed by atoms with Crippen molar-refractivity contribution >= 4 is 5.91 Å². The molecule has 3 aliphatic heterocycles. The maximum Gasteiger partial charge on any atom is 0.291 e. The van der Waals surface area contributed by atoms with Gasteiger partial charge in [0.25, 0.3) is 5.91 Å². The molecule has 1 aromatic rings. The highest BCUT2D eigenvalue weighted by Crippen LogP contribution is 2.37. The van der Waals surface area contributed by atoms with Crippen molar-refractivity contribution in [2.24, 2.45) is 0 Å². The molecular formula is C16H19NO6. The van der Waals surface area contributed by atoms with Crippen molar-refractivity contribution < 1.29 is 29.3 Å². The first-order valence-electron chi connectivity index (χ1n) is 7.84. The zero-order valence-corrected chi connectivity index (χ0v) is 12.7. The zero-order valence-electron chi connectivity index (χ0n) is 12.7. The first-order chi connectivity index (χ1) is 11.1. The van der Waals surface area contributed by atoms with Crippen LogP contribution in [0, 0.1) is 0 Å². The van der Waals surface area contributed by atoms with Gasteiger partial charge in [0.15, 0.2) is 11.5 Å². The standard InChI is InChI=1S/C16H19NO6/c1-8-15(22-11-5-3-2-4-10(11)21-8)16(20)17-9-6-7-12(23-17)14(19)13(9)18/h2-5,8-9,12-15,18-19H,6-7H2,1H3/t8?,9-,12+,13+,14-,15?/m0/s1. The molecule has 7 nitrogen and oxygen atoms in total. The molecule has 1 aliphatic carbocycles. The molecule has 0 spiro atoms. The molecule has 2 N–H and O–H groups in total. The van der Waals surface area contributed by atoms with E-state index in [1.165, 1.54) is 5.06 Å². The highest BCUT2D eigenvalue weighted by molar-refractivity contribution is 5.82. The fourth-order valence-corrected chi connectivity index (χ4v) is 3.45. The van der Waals surface area contributed by atoms with Gasteiger partial charge in [-0.05, 0) is 31.9 Å². The maximum absolute atomic E-state index is 12.8. The van der Waals surface area contributed by atoms with E-state index in [4.69, 9.17) is 14.3 Å². The van der Waals surface area contributed by atoms with E-state index in [9.17, 15) is 15.0 Å². The predicted octanol–water partition coefficient (Wildman–Crippen LogP) is 0.242. The molecule has 1 saturated carbocycles. The predicted molar refractivity (Wildman–Crippen MR) is 77.7 cm³/mol. The van der Waals surface area contributed by atoms with Crippen LogP contribution in [0.5, 0.6) is 11.5 Å². The van der Waals surface area contributed by atoms with Crippen molar-refractivity contribution in [2.75, 3.05) is 0 Å². The number of benzene rings is 1. The molecule has 1 amide bonds. The lowest BCUT2D eigenvalue weighted by Crippen LogP contribution is -2.67. The lowest BCUT2D eigenvalue weighted by molar-refractivity contribution is -0.320. The SMILES string of the molecule is CC1Oc2ccccc2OC1C(=O)N1O[C@@H]2CC[C@H]1[C@@H](O)[C@H]2O. The number of hydrogen-bond donors (Lipinski definition) is 2. The maximum atomic E-state index is 12.8. The van der Waals surface area contributed by atoms with Gasteiger partial charge in [-0.15, -0.1) is 0 Å². The average Bonchev–Trinajstić information content (AvgIpc) is 2.57. The van der Waals surface area contributed by atoms with Crippen LogP contribution in [0.15, 0.2) is 24.3 Å². The van der Waals surface area contributed by atoms with Gasteiger partial charge in [-0.25, -0.2) is 5.06 Å². The third kappa shape index (κ3) is 2.27. The van der Waals surface area contributed by atoms with Gasteiger partial charge < -0.3 is 19.7 Å². The molecule has 3 fully saturated rings. The van der Waals surface area contributed by atoms with Gasteiger partial charge in [-0.1, -0.05) is 12.1 Å². The van der Waals surface area contributed by atoms with Crippen LogP contribution < -0.4 is 9.47 Å². The second kappa shape index (κ2) is 5.36. The number of rotatable bonds is 1. The van der Waals surface area contributed by atoms with E-state index < -0.39 is 42.5 Å². The van der Waals surface area contributed by atoms with Crippen molar-refractivity contribution in [3.63, 3.8) is 0 Å². The normalized spacial score (nSPS) is 38.5. The van der Waals surface area contributed by atoms with Crippen molar-refractivity contribution in [1.82, 2.24) is 5.06 Å². The minimum atomic E-state index is -1.00. The fourth-order valence-electron chi connectivity index (χ4n) is 3.45. The van der Waals surface area contributed by atoms with Gasteiger partial charge >= 0.3 is 0 Å². The minimum Gasteiger partial charge on any atom is -0.482 e. The number of hydrogen-bond acceptors (Lipinski definition) is 6. The molecule has 7 heteroatoms. The first-order valence-corrected chi connectivity index (χ1v) is 7.84. The van der Waals surface area contributed by atoms with Gasteiger partial charge in [0.05, 0.1) is 6.04 Å². The Morgan fingerprint density at radius 3 is 2.52 bits per heavy atom. The summed E-state index contributed by atoms with van der Waals surface area (Å²) >= 11 is 0. The van der Waals surface area contributed by atoms with Gasteiger partial charge in [-0.2, -0.15) is 0 Å². The van der Waals surface area contributed by atoms with E-state index in [2.05, 4.69) is 0 Å². The zero-order chi connectivity index (χ0) is 16.1. The van der Waals surface area contributed by atoms with Gasteiger partial charge in [-0.3, -0.25) is 9.63 Å². The molecule has 5 rings (SSSR count). The molecule has 1 aromatic carbocycles. The summed E-state index contributed by atoms with van der Waals surface area (Å²) in [5, 5.41) is 21.2. The molecule has 3 heterocycles. The summed E-state index contributed by atoms with van der Waals surface area (Å²) in [5.41, 5.74) is 0. The topological polar surface area (TPSA) is 88.5 Å². The quantitative estimate of drug-likeness (QED) is 0.770. The highest BCUT2D eigenvalue weighted by Gasteiger charge is 2.52. The summed E-state index contributed by atoms with van der Waals surface area (Å²) in [6.45, 7) is 1.76. The Hall–Kier alpha value is -1.83. The first kappa shape index (κ1) is 14.7. The number of ether oxygens (including phenoxy) is 2. The monoisotopic (exact) mass is 321 g/mol. The second-order valence-corrected chi connectivity index (χ2v) is 6.24. The lowest BCUT2D eigenvalue weighted by atomic mass is 9.85. The molecule has 2 bridgehead atoms. The number of carbonyl (C=O) groups excluding carboxylic acids is 1. The summed E-state index contributed by atoms with van der Waals surface area (Å²) in [4.78, 5) is 18.4. The third-order valence-corrected chi connectivity index (χ3v) is 4.73. The van der Waals surface area contributed by atoms with Crippen molar-refractivity contribution in [2.45, 2.75) is 56.3 Å². The largest absolute Gasteiger partial charge is 0.482 e. The fraction of sp³-hybridized carbons (Fsp3) is 0.562. The molecular weight excluding hydrogens is 302 g/mol. The summed E-state index contributed by atoms with van der Waals surface area (Å²) in [7, 11) is 0. The van der Waals surface area contributed by atoms with E-state index in [0.717, 1.165) is 0 Å². The average molecular weight is 321 g/mol. The Kier molecular flexibility index (Phi) is 3.44. The molecule has 2 saturated heterocycles. The van der Waals surface area contributed by atoms with Crippen LogP contribution in [0.4, 0.5) is 0 Å². The molecule has 124 valence electrons. The van der Waals surface area contributed by atoms with Crippen LogP contribution >= 0.6 is 0 Å². The van der Waals surface area contributed by atoms with E-state index in [1.54, 1.807) is 25.1 Å². The Labute approximate surface area is 133 Å². The van der Waals surface area contributed by atoms with Crippen LogP contribution in [-0.2, 0) is 9.63 Å². The number of carbonyl (C=O) groups is 1. The van der Waals surface area contributed by atoms with Gasteiger partial charge in [0, 0.05) is 0 Å². The Bertz CT molecular complexity index is 620. The molecule has 0 aromatic heterocycles. The highest BCUT2D eigenvalue weighted by atomic mass is 16.7. The number of para-hydroxylation sites is 2. The summed E-state index contributed by atoms with van der Waals surface area (Å²) in [6, 6.07) is 6.60. The van der Waals surface area contributed by atoms with Crippen molar-refractivity contribution in [1.29, 1.82) is 0 Å². The van der Waals surface area contributed by atoms with Crippen LogP contribution in [-0.4, -0.2) is 57.7 Å². The van der Waals surface area contributed by atoms with Gasteiger partial charge in [0.2, 0.25) is 6.10 Å². The molecule has 6 atom stereocenters. The Morgan fingerprint density at radius 1 is 1.13 bits per heavy atom. The number of amides is 1. The van der Waals surface area contributed by atoms with E-state index in [0.29, 0.717) is 24.3 Å². The second-order valence-electron chi connectivity index (χ2n) is 6.24. The van der Waals surface area contributed by atoms with Crippen LogP contribution in [0.25, 0.3) is 0 Å². The molecule has 4 aliphatic rings. The Morgan fingerprint density at radius 2 is 1.83 bits per heavy atom. The van der Waals surface area contributed by atoms with E-state index in [-0.39, 0.29) is 0 Å². The van der Waals surface area contributed by atoms with Crippen LogP contribution in [0.3, 0.4) is 0 Å². The van der Waals surface area contributed by atoms with Crippen LogP contribution in [0.2, 0.25) is 0 Å². The molecule has 2 unspecified atom stereocenters. The third-order valence-electron chi connectivity index (χ3n) is 4.73. The van der Waals surface area contributed by atoms with Crippen LogP contribution in [0.1, 0.15) is 19.8 Å². The van der Waals surface area contributed by atoms with Gasteiger partial charge in [0.1, 0.15) is 24.4 Å². The smallest absolute Gasteiger partial charge is 0.291 e. The van der Waals surface area contributed by atoms with Crippen molar-refractivity contribution in [3.8, 4) is 11.5 Å². The lowest BCUT2D eigenvalue weighted by Gasteiger charge is -2.50. The number of aliphatic hydroxyl groups is 2. The Balaban J connectivity index is 1.56. The summed E-state index contributed by atoms with van der Waals surface area (Å²) in [5.74, 6) is 0.708. The number of nitrogens with zero attached hydrogens (tertiary/aromatic N) is 1. The number of hydroxylamine groups is 2. The number of fused-ring (bicyclic) bond motifs is 4. The van der Waals surface area contributed by atoms with Crippen molar-refractivity contribution in [3.05, 3.63) is 24.3 Å². The van der Waals surface area contributed by atoms with E-state index >= 15 is 0 Å². The van der Waals surface area contributed by atoms with E-state index in [1.807, 2.05) is 6.07 Å². The number of aliphatic hydroxyl groups excluding tert-OH is 2. The molecule has 0 radical (unpaired) electrons. The summed E-state index contributed by atoms with van der Waals surface area (Å²) in [6.07, 6.45) is -2.65. The summed E-state index contributed by atoms with van der Waals surface area (Å²) < 4.78 is 11.5. The minimum absolute atomic E-state index is 0.396. The molecule has 23 heavy (non-hydrogen) atoms.